The maximum atomic E-state index is 5.38. The van der Waals surface area contributed by atoms with Crippen LogP contribution >= 0.6 is 0 Å². The Balaban J connectivity index is 2.16. The summed E-state index contributed by atoms with van der Waals surface area (Å²) >= 11 is 0. The maximum Gasteiger partial charge on any atom is 0.232 e. The van der Waals surface area contributed by atoms with Gasteiger partial charge >= 0.3 is 0 Å². The van der Waals surface area contributed by atoms with E-state index in [1.54, 1.807) is 0 Å². The summed E-state index contributed by atoms with van der Waals surface area (Å²) in [7, 11) is 3.86. The molecular formula is C14H26N6O. The number of hydrogen-bond donors (Lipinski definition) is 1. The summed E-state index contributed by atoms with van der Waals surface area (Å²) in [5, 5.41) is 3.02. The molecule has 1 aliphatic heterocycles. The van der Waals surface area contributed by atoms with Gasteiger partial charge in [-0.1, -0.05) is 13.8 Å². The molecule has 1 aliphatic rings. The van der Waals surface area contributed by atoms with E-state index < -0.39 is 0 Å². The van der Waals surface area contributed by atoms with Gasteiger partial charge in [0.2, 0.25) is 17.8 Å². The zero-order valence-corrected chi connectivity index (χ0v) is 13.5. The maximum absolute atomic E-state index is 5.38. The molecule has 0 aliphatic carbocycles. The van der Waals surface area contributed by atoms with E-state index >= 15 is 0 Å². The second kappa shape index (κ2) is 7.40. The van der Waals surface area contributed by atoms with E-state index in [1.807, 2.05) is 14.1 Å². The first-order valence-electron chi connectivity index (χ1n) is 7.58. The molecule has 118 valence electrons. The number of morpholine rings is 1. The molecule has 1 saturated heterocycles. The summed E-state index contributed by atoms with van der Waals surface area (Å²) in [5.41, 5.74) is 0. The molecule has 0 amide bonds. The van der Waals surface area contributed by atoms with Crippen molar-refractivity contribution in [2.45, 2.75) is 20.3 Å². The Morgan fingerprint density at radius 3 is 2.57 bits per heavy atom. The predicted molar refractivity (Wildman–Crippen MR) is 85.1 cm³/mol. The second-order valence-corrected chi connectivity index (χ2v) is 5.71. The van der Waals surface area contributed by atoms with E-state index in [4.69, 9.17) is 4.74 Å². The van der Waals surface area contributed by atoms with E-state index in [-0.39, 0.29) is 0 Å². The fraction of sp³-hybridized carbons (Fsp3) is 0.786. The van der Waals surface area contributed by atoms with Gasteiger partial charge in [-0.05, 0) is 12.3 Å². The fourth-order valence-electron chi connectivity index (χ4n) is 2.09. The summed E-state index contributed by atoms with van der Waals surface area (Å²) in [5.74, 6) is 2.72. The van der Waals surface area contributed by atoms with E-state index in [2.05, 4.69) is 43.9 Å². The van der Waals surface area contributed by atoms with Crippen molar-refractivity contribution in [2.24, 2.45) is 5.92 Å². The van der Waals surface area contributed by atoms with E-state index in [0.717, 1.165) is 51.2 Å². The second-order valence-electron chi connectivity index (χ2n) is 5.71. The van der Waals surface area contributed by atoms with Crippen LogP contribution in [0.4, 0.5) is 17.8 Å². The topological polar surface area (TPSA) is 66.4 Å². The molecule has 0 unspecified atom stereocenters. The molecule has 7 nitrogen and oxygen atoms in total. The minimum atomic E-state index is 0.609. The first-order chi connectivity index (χ1) is 10.1. The van der Waals surface area contributed by atoms with Crippen LogP contribution in [0.5, 0.6) is 0 Å². The highest BCUT2D eigenvalue weighted by Gasteiger charge is 2.17. The van der Waals surface area contributed by atoms with Gasteiger partial charge < -0.3 is 19.9 Å². The number of nitrogens with zero attached hydrogens (tertiary/aromatic N) is 5. The third-order valence-corrected chi connectivity index (χ3v) is 3.51. The molecule has 1 aromatic rings. The third kappa shape index (κ3) is 4.42. The molecule has 2 rings (SSSR count). The minimum absolute atomic E-state index is 0.609. The van der Waals surface area contributed by atoms with Crippen LogP contribution in [0, 0.1) is 5.92 Å². The van der Waals surface area contributed by atoms with Crippen molar-refractivity contribution in [1.82, 2.24) is 15.0 Å². The largest absolute Gasteiger partial charge is 0.378 e. The lowest BCUT2D eigenvalue weighted by molar-refractivity contribution is 0.122. The average Bonchev–Trinajstić information content (AvgIpc) is 2.52. The molecular weight excluding hydrogens is 268 g/mol. The standard InChI is InChI=1S/C14H26N6O/c1-11(2)5-6-19(4)13-16-12(15-3)17-14(18-13)20-7-9-21-10-8-20/h11H,5-10H2,1-4H3,(H,15,16,17,18). The van der Waals surface area contributed by atoms with Crippen LogP contribution in [-0.2, 0) is 4.74 Å². The molecule has 1 aromatic heterocycles. The Morgan fingerprint density at radius 2 is 1.95 bits per heavy atom. The lowest BCUT2D eigenvalue weighted by Crippen LogP contribution is -2.38. The molecule has 0 aromatic carbocycles. The van der Waals surface area contributed by atoms with Crippen LogP contribution in [-0.4, -0.2) is 61.9 Å². The molecule has 7 heteroatoms. The zero-order chi connectivity index (χ0) is 15.2. The molecule has 0 atom stereocenters. The third-order valence-electron chi connectivity index (χ3n) is 3.51. The Hall–Kier alpha value is -1.63. The molecule has 0 bridgehead atoms. The molecule has 2 heterocycles. The van der Waals surface area contributed by atoms with Gasteiger partial charge in [-0.25, -0.2) is 0 Å². The van der Waals surface area contributed by atoms with Gasteiger partial charge in [-0.15, -0.1) is 0 Å². The highest BCUT2D eigenvalue weighted by molar-refractivity contribution is 5.44. The summed E-state index contributed by atoms with van der Waals surface area (Å²) in [6, 6.07) is 0. The van der Waals surface area contributed by atoms with Crippen LogP contribution in [0.2, 0.25) is 0 Å². The molecule has 0 spiro atoms. The quantitative estimate of drug-likeness (QED) is 0.846. The summed E-state index contributed by atoms with van der Waals surface area (Å²) in [4.78, 5) is 17.8. The first-order valence-corrected chi connectivity index (χ1v) is 7.58. The molecule has 1 fully saturated rings. The lowest BCUT2D eigenvalue weighted by Gasteiger charge is -2.28. The van der Waals surface area contributed by atoms with Gasteiger partial charge in [0, 0.05) is 33.7 Å². The average molecular weight is 294 g/mol. The predicted octanol–water partition coefficient (Wildman–Crippen LogP) is 1.23. The van der Waals surface area contributed by atoms with Gasteiger partial charge in [0.1, 0.15) is 0 Å². The van der Waals surface area contributed by atoms with Crippen molar-refractivity contribution in [1.29, 1.82) is 0 Å². The Labute approximate surface area is 126 Å². The van der Waals surface area contributed by atoms with Crippen molar-refractivity contribution in [3.05, 3.63) is 0 Å². The number of anilines is 3. The Morgan fingerprint density at radius 1 is 1.24 bits per heavy atom. The minimum Gasteiger partial charge on any atom is -0.378 e. The first kappa shape index (κ1) is 15.8. The smallest absolute Gasteiger partial charge is 0.232 e. The van der Waals surface area contributed by atoms with Crippen LogP contribution in [0.15, 0.2) is 0 Å². The molecule has 21 heavy (non-hydrogen) atoms. The number of ether oxygens (including phenoxy) is 1. The highest BCUT2D eigenvalue weighted by atomic mass is 16.5. The molecule has 0 saturated carbocycles. The number of aromatic nitrogens is 3. The highest BCUT2D eigenvalue weighted by Crippen LogP contribution is 2.17. The van der Waals surface area contributed by atoms with Gasteiger partial charge in [-0.2, -0.15) is 15.0 Å². The van der Waals surface area contributed by atoms with Gasteiger partial charge in [0.05, 0.1) is 13.2 Å². The van der Waals surface area contributed by atoms with Crippen LogP contribution in [0.3, 0.4) is 0 Å². The number of rotatable bonds is 6. The number of nitrogens with one attached hydrogen (secondary N) is 1. The van der Waals surface area contributed by atoms with Crippen molar-refractivity contribution < 1.29 is 4.74 Å². The van der Waals surface area contributed by atoms with Crippen LogP contribution in [0.25, 0.3) is 0 Å². The summed E-state index contributed by atoms with van der Waals surface area (Å²) in [6.07, 6.45) is 1.12. The molecule has 1 N–H and O–H groups in total. The molecule has 0 radical (unpaired) electrons. The van der Waals surface area contributed by atoms with Gasteiger partial charge in [-0.3, -0.25) is 0 Å². The van der Waals surface area contributed by atoms with E-state index in [0.29, 0.717) is 11.9 Å². The van der Waals surface area contributed by atoms with E-state index in [1.165, 1.54) is 0 Å². The van der Waals surface area contributed by atoms with Crippen molar-refractivity contribution in [3.63, 3.8) is 0 Å². The van der Waals surface area contributed by atoms with Crippen LogP contribution in [0.1, 0.15) is 20.3 Å². The van der Waals surface area contributed by atoms with Crippen molar-refractivity contribution >= 4 is 17.8 Å². The van der Waals surface area contributed by atoms with Crippen molar-refractivity contribution in [3.8, 4) is 0 Å². The van der Waals surface area contributed by atoms with Crippen LogP contribution < -0.4 is 15.1 Å². The summed E-state index contributed by atoms with van der Waals surface area (Å²) in [6.45, 7) is 8.47. The van der Waals surface area contributed by atoms with E-state index in [9.17, 15) is 0 Å². The Kier molecular flexibility index (Phi) is 5.55. The normalized spacial score (nSPS) is 15.4. The SMILES string of the molecule is CNc1nc(N(C)CCC(C)C)nc(N2CCOCC2)n1. The van der Waals surface area contributed by atoms with Crippen molar-refractivity contribution in [2.75, 3.05) is 62.1 Å². The fourth-order valence-corrected chi connectivity index (χ4v) is 2.09. The van der Waals surface area contributed by atoms with Gasteiger partial charge in [0.15, 0.2) is 0 Å². The summed E-state index contributed by atoms with van der Waals surface area (Å²) < 4.78 is 5.38. The number of hydrogen-bond acceptors (Lipinski definition) is 7. The lowest BCUT2D eigenvalue weighted by atomic mass is 10.1. The monoisotopic (exact) mass is 294 g/mol. The van der Waals surface area contributed by atoms with Gasteiger partial charge in [0.25, 0.3) is 0 Å². The Bertz CT molecular complexity index is 447. The zero-order valence-electron chi connectivity index (χ0n) is 13.5.